The minimum Gasteiger partial charge on any atom is -0.355 e. The monoisotopic (exact) mass is 382 g/mol. The van der Waals surface area contributed by atoms with Crippen molar-refractivity contribution in [1.29, 1.82) is 0 Å². The van der Waals surface area contributed by atoms with Gasteiger partial charge in [-0.15, -0.1) is 0 Å². The Hall–Kier alpha value is -2.77. The molecule has 0 unspecified atom stereocenters. The molecule has 0 bridgehead atoms. The maximum atomic E-state index is 12.4. The summed E-state index contributed by atoms with van der Waals surface area (Å²) >= 11 is 0. The summed E-state index contributed by atoms with van der Waals surface area (Å²) in [7, 11) is 0. The van der Waals surface area contributed by atoms with Crippen molar-refractivity contribution < 1.29 is 4.79 Å². The van der Waals surface area contributed by atoms with Gasteiger partial charge in [-0.25, -0.2) is 14.6 Å². The molecule has 1 aliphatic heterocycles. The maximum absolute atomic E-state index is 12.4. The number of anilines is 1. The highest BCUT2D eigenvalue weighted by atomic mass is 16.2. The van der Waals surface area contributed by atoms with E-state index in [4.69, 9.17) is 4.98 Å². The SMILES string of the molecule is CCCNC(=O)Cn1nc2c(cc1=O)CCc1nc(N3CCCCC3)ncc1-2. The molecular weight excluding hydrogens is 356 g/mol. The van der Waals surface area contributed by atoms with Gasteiger partial charge in [0.15, 0.2) is 0 Å². The fraction of sp³-hybridized carbons (Fsp3) is 0.550. The van der Waals surface area contributed by atoms with Gasteiger partial charge in [0.2, 0.25) is 11.9 Å². The summed E-state index contributed by atoms with van der Waals surface area (Å²) in [5, 5.41) is 7.28. The van der Waals surface area contributed by atoms with E-state index in [0.29, 0.717) is 12.2 Å². The minimum atomic E-state index is -0.250. The van der Waals surface area contributed by atoms with Crippen molar-refractivity contribution in [2.75, 3.05) is 24.5 Å². The van der Waals surface area contributed by atoms with Gasteiger partial charge >= 0.3 is 0 Å². The summed E-state index contributed by atoms with van der Waals surface area (Å²) in [5.41, 5.74) is 3.20. The lowest BCUT2D eigenvalue weighted by atomic mass is 9.94. The van der Waals surface area contributed by atoms with E-state index in [1.165, 1.54) is 23.9 Å². The second-order valence-corrected chi connectivity index (χ2v) is 7.44. The number of hydrogen-bond donors (Lipinski definition) is 1. The molecule has 3 heterocycles. The molecule has 4 rings (SSSR count). The van der Waals surface area contributed by atoms with Gasteiger partial charge in [-0.05, 0) is 44.1 Å². The molecule has 0 aromatic carbocycles. The third-order valence-corrected chi connectivity index (χ3v) is 5.32. The first-order valence-electron chi connectivity index (χ1n) is 10.1. The van der Waals surface area contributed by atoms with Gasteiger partial charge in [-0.1, -0.05) is 6.92 Å². The number of fused-ring (bicyclic) bond motifs is 3. The van der Waals surface area contributed by atoms with Crippen LogP contribution in [-0.2, 0) is 24.2 Å². The lowest BCUT2D eigenvalue weighted by Gasteiger charge is -2.28. The average molecular weight is 382 g/mol. The van der Waals surface area contributed by atoms with E-state index in [9.17, 15) is 9.59 Å². The third kappa shape index (κ3) is 3.76. The van der Waals surface area contributed by atoms with E-state index in [-0.39, 0.29) is 18.0 Å². The van der Waals surface area contributed by atoms with Crippen molar-refractivity contribution in [3.8, 4) is 11.3 Å². The Kier molecular flexibility index (Phi) is 5.36. The summed E-state index contributed by atoms with van der Waals surface area (Å²) in [5.74, 6) is 0.582. The first-order chi connectivity index (χ1) is 13.7. The second kappa shape index (κ2) is 8.08. The minimum absolute atomic E-state index is 0.0752. The van der Waals surface area contributed by atoms with Crippen molar-refractivity contribution in [2.45, 2.75) is 52.0 Å². The molecule has 0 spiro atoms. The molecule has 2 aromatic heterocycles. The van der Waals surface area contributed by atoms with Gasteiger partial charge < -0.3 is 10.2 Å². The van der Waals surface area contributed by atoms with Crippen LogP contribution in [0.15, 0.2) is 17.1 Å². The molecule has 8 heteroatoms. The Balaban J connectivity index is 1.63. The van der Waals surface area contributed by atoms with Gasteiger partial charge in [0.05, 0.1) is 11.4 Å². The first-order valence-corrected chi connectivity index (χ1v) is 10.1. The van der Waals surface area contributed by atoms with Crippen LogP contribution in [0, 0.1) is 0 Å². The zero-order valence-corrected chi connectivity index (χ0v) is 16.3. The van der Waals surface area contributed by atoms with Crippen LogP contribution in [-0.4, -0.2) is 45.3 Å². The highest BCUT2D eigenvalue weighted by molar-refractivity contribution is 5.75. The predicted octanol–water partition coefficient (Wildman–Crippen LogP) is 1.32. The van der Waals surface area contributed by atoms with Crippen LogP contribution >= 0.6 is 0 Å². The second-order valence-electron chi connectivity index (χ2n) is 7.44. The fourth-order valence-electron chi connectivity index (χ4n) is 3.81. The number of nitrogens with one attached hydrogen (secondary N) is 1. The van der Waals surface area contributed by atoms with E-state index >= 15 is 0 Å². The van der Waals surface area contributed by atoms with Gasteiger partial charge in [0, 0.05) is 37.5 Å². The average Bonchev–Trinajstić information content (AvgIpc) is 2.73. The Labute approximate surface area is 164 Å². The van der Waals surface area contributed by atoms with Crippen LogP contribution in [0.2, 0.25) is 0 Å². The molecule has 2 aliphatic rings. The summed E-state index contributed by atoms with van der Waals surface area (Å²) in [6.07, 6.45) is 7.79. The Bertz CT molecular complexity index is 933. The van der Waals surface area contributed by atoms with E-state index < -0.39 is 0 Å². The number of piperidine rings is 1. The van der Waals surface area contributed by atoms with Gasteiger partial charge in [-0.3, -0.25) is 9.59 Å². The summed E-state index contributed by atoms with van der Waals surface area (Å²) < 4.78 is 1.23. The van der Waals surface area contributed by atoms with Crippen molar-refractivity contribution in [3.63, 3.8) is 0 Å². The van der Waals surface area contributed by atoms with Gasteiger partial charge in [-0.2, -0.15) is 5.10 Å². The van der Waals surface area contributed by atoms with Crippen LogP contribution < -0.4 is 15.8 Å². The van der Waals surface area contributed by atoms with Crippen molar-refractivity contribution >= 4 is 11.9 Å². The summed E-state index contributed by atoms with van der Waals surface area (Å²) in [6.45, 7) is 4.50. The number of aromatic nitrogens is 4. The van der Waals surface area contributed by atoms with Crippen LogP contribution in [0.3, 0.4) is 0 Å². The molecule has 2 aromatic rings. The van der Waals surface area contributed by atoms with E-state index in [1.807, 2.05) is 13.1 Å². The van der Waals surface area contributed by atoms with Crippen LogP contribution in [0.4, 0.5) is 5.95 Å². The largest absolute Gasteiger partial charge is 0.355 e. The standard InChI is InChI=1S/C20H26N6O2/c1-2-8-21-17(27)13-26-18(28)11-14-6-7-16-15(19(14)24-26)12-22-20(23-16)25-9-4-3-5-10-25/h11-12H,2-10,13H2,1H3,(H,21,27). The molecular formula is C20H26N6O2. The molecule has 1 saturated heterocycles. The number of amides is 1. The number of aryl methyl sites for hydroxylation is 2. The van der Waals surface area contributed by atoms with Crippen LogP contribution in [0.1, 0.15) is 43.9 Å². The van der Waals surface area contributed by atoms with E-state index in [1.54, 1.807) is 6.07 Å². The predicted molar refractivity (Wildman–Crippen MR) is 106 cm³/mol. The lowest BCUT2D eigenvalue weighted by molar-refractivity contribution is -0.121. The number of carbonyl (C=O) groups is 1. The highest BCUT2D eigenvalue weighted by Gasteiger charge is 2.23. The van der Waals surface area contributed by atoms with E-state index in [2.05, 4.69) is 20.3 Å². The van der Waals surface area contributed by atoms with E-state index in [0.717, 1.165) is 55.1 Å². The molecule has 1 aliphatic carbocycles. The topological polar surface area (TPSA) is 93.0 Å². The highest BCUT2D eigenvalue weighted by Crippen LogP contribution is 2.30. The number of hydrogen-bond acceptors (Lipinski definition) is 6. The molecule has 0 atom stereocenters. The van der Waals surface area contributed by atoms with Gasteiger partial charge in [0.25, 0.3) is 5.56 Å². The number of carbonyl (C=O) groups excluding carboxylic acids is 1. The lowest BCUT2D eigenvalue weighted by Crippen LogP contribution is -2.35. The van der Waals surface area contributed by atoms with Crippen LogP contribution in [0.25, 0.3) is 11.3 Å². The van der Waals surface area contributed by atoms with Crippen molar-refractivity contribution in [1.82, 2.24) is 25.1 Å². The molecule has 28 heavy (non-hydrogen) atoms. The maximum Gasteiger partial charge on any atom is 0.267 e. The fourth-order valence-corrected chi connectivity index (χ4v) is 3.81. The molecule has 8 nitrogen and oxygen atoms in total. The molecule has 1 fully saturated rings. The first kappa shape index (κ1) is 18.6. The van der Waals surface area contributed by atoms with Crippen LogP contribution in [0.5, 0.6) is 0 Å². The Morgan fingerprint density at radius 2 is 2.04 bits per heavy atom. The molecule has 0 radical (unpaired) electrons. The molecule has 148 valence electrons. The van der Waals surface area contributed by atoms with Crippen molar-refractivity contribution in [3.05, 3.63) is 33.9 Å². The van der Waals surface area contributed by atoms with Gasteiger partial charge in [0.1, 0.15) is 6.54 Å². The Morgan fingerprint density at radius 3 is 2.82 bits per heavy atom. The summed E-state index contributed by atoms with van der Waals surface area (Å²) in [6, 6.07) is 1.59. The molecule has 0 saturated carbocycles. The molecule has 1 N–H and O–H groups in total. The smallest absolute Gasteiger partial charge is 0.267 e. The Morgan fingerprint density at radius 1 is 1.21 bits per heavy atom. The zero-order chi connectivity index (χ0) is 19.5. The third-order valence-electron chi connectivity index (χ3n) is 5.32. The quantitative estimate of drug-likeness (QED) is 0.838. The van der Waals surface area contributed by atoms with Crippen molar-refractivity contribution in [2.24, 2.45) is 0 Å². The molecule has 1 amide bonds. The number of rotatable bonds is 5. The normalized spacial score (nSPS) is 15.7. The summed E-state index contributed by atoms with van der Waals surface area (Å²) in [4.78, 5) is 36.0. The number of nitrogens with zero attached hydrogens (tertiary/aromatic N) is 5. The zero-order valence-electron chi connectivity index (χ0n) is 16.3.